The summed E-state index contributed by atoms with van der Waals surface area (Å²) in [6.07, 6.45) is 1.21. The van der Waals surface area contributed by atoms with Crippen LogP contribution in [0.2, 0.25) is 5.02 Å². The molecule has 0 aromatic heterocycles. The SMILES string of the molecule is N#Cc1ccc(Cl)cc1NC(=O)N1CCC[C@H](C(=O)O)C1. The summed E-state index contributed by atoms with van der Waals surface area (Å²) in [5.74, 6) is -1.44. The van der Waals surface area contributed by atoms with Crippen molar-refractivity contribution < 1.29 is 14.7 Å². The number of hydrogen-bond acceptors (Lipinski definition) is 3. The number of amides is 2. The van der Waals surface area contributed by atoms with Gasteiger partial charge >= 0.3 is 12.0 Å². The monoisotopic (exact) mass is 307 g/mol. The second-order valence-electron chi connectivity index (χ2n) is 4.86. The second kappa shape index (κ2) is 6.46. The molecule has 1 aliphatic heterocycles. The molecule has 0 bridgehead atoms. The number of nitrogens with one attached hydrogen (secondary N) is 1. The van der Waals surface area contributed by atoms with Gasteiger partial charge in [0.15, 0.2) is 0 Å². The molecule has 0 saturated carbocycles. The van der Waals surface area contributed by atoms with E-state index in [-0.39, 0.29) is 6.54 Å². The fourth-order valence-corrected chi connectivity index (χ4v) is 2.45. The third-order valence-corrected chi connectivity index (χ3v) is 3.64. The summed E-state index contributed by atoms with van der Waals surface area (Å²) in [7, 11) is 0. The molecule has 1 aromatic rings. The first kappa shape index (κ1) is 15.1. The number of nitriles is 1. The van der Waals surface area contributed by atoms with Gasteiger partial charge in [0, 0.05) is 18.1 Å². The van der Waals surface area contributed by atoms with Gasteiger partial charge in [-0.2, -0.15) is 5.26 Å². The minimum Gasteiger partial charge on any atom is -0.481 e. The van der Waals surface area contributed by atoms with Gasteiger partial charge in [-0.1, -0.05) is 11.6 Å². The van der Waals surface area contributed by atoms with Crippen LogP contribution in [0.25, 0.3) is 0 Å². The summed E-state index contributed by atoms with van der Waals surface area (Å²) < 4.78 is 0. The van der Waals surface area contributed by atoms with E-state index in [4.69, 9.17) is 22.0 Å². The third kappa shape index (κ3) is 3.64. The van der Waals surface area contributed by atoms with Crippen LogP contribution in [-0.2, 0) is 4.79 Å². The second-order valence-corrected chi connectivity index (χ2v) is 5.29. The normalized spacial score (nSPS) is 17.9. The lowest BCUT2D eigenvalue weighted by Crippen LogP contribution is -2.44. The van der Waals surface area contributed by atoms with Crippen molar-refractivity contribution in [1.82, 2.24) is 4.90 Å². The van der Waals surface area contributed by atoms with E-state index in [0.717, 1.165) is 0 Å². The van der Waals surface area contributed by atoms with E-state index in [1.807, 2.05) is 6.07 Å². The van der Waals surface area contributed by atoms with Crippen molar-refractivity contribution in [2.24, 2.45) is 5.92 Å². The van der Waals surface area contributed by atoms with Gasteiger partial charge in [-0.3, -0.25) is 4.79 Å². The Morgan fingerprint density at radius 1 is 1.48 bits per heavy atom. The van der Waals surface area contributed by atoms with Crippen LogP contribution < -0.4 is 5.32 Å². The zero-order chi connectivity index (χ0) is 15.4. The molecule has 0 radical (unpaired) electrons. The molecule has 6 nitrogen and oxygen atoms in total. The van der Waals surface area contributed by atoms with Crippen molar-refractivity contribution >= 4 is 29.3 Å². The summed E-state index contributed by atoms with van der Waals surface area (Å²) >= 11 is 5.86. The quantitative estimate of drug-likeness (QED) is 0.878. The standard InChI is InChI=1S/C14H14ClN3O3/c15-11-4-3-9(7-16)12(6-11)17-14(21)18-5-1-2-10(8-18)13(19)20/h3-4,6,10H,1-2,5,8H2,(H,17,21)(H,19,20)/t10-/m0/s1. The molecule has 1 aromatic carbocycles. The maximum atomic E-state index is 12.2. The zero-order valence-electron chi connectivity index (χ0n) is 11.2. The van der Waals surface area contributed by atoms with Crippen LogP contribution in [0.5, 0.6) is 0 Å². The molecular weight excluding hydrogens is 294 g/mol. The molecule has 1 aliphatic rings. The molecule has 2 N–H and O–H groups in total. The van der Waals surface area contributed by atoms with Crippen LogP contribution in [0.3, 0.4) is 0 Å². The number of carboxylic acid groups (broad SMARTS) is 1. The molecule has 0 unspecified atom stereocenters. The summed E-state index contributed by atoms with van der Waals surface area (Å²) in [5.41, 5.74) is 0.631. The number of piperidine rings is 1. The lowest BCUT2D eigenvalue weighted by atomic mass is 9.99. The molecule has 1 saturated heterocycles. The third-order valence-electron chi connectivity index (χ3n) is 3.40. The van der Waals surface area contributed by atoms with Crippen LogP contribution >= 0.6 is 11.6 Å². The van der Waals surface area contributed by atoms with Gasteiger partial charge in [-0.25, -0.2) is 4.79 Å². The van der Waals surface area contributed by atoms with E-state index in [2.05, 4.69) is 5.32 Å². The van der Waals surface area contributed by atoms with Gasteiger partial charge in [0.25, 0.3) is 0 Å². The van der Waals surface area contributed by atoms with Gasteiger partial charge in [-0.05, 0) is 31.0 Å². The molecule has 0 spiro atoms. The fourth-order valence-electron chi connectivity index (χ4n) is 2.27. The molecule has 1 fully saturated rings. The predicted molar refractivity (Wildman–Crippen MR) is 77.1 cm³/mol. The number of nitrogens with zero attached hydrogens (tertiary/aromatic N) is 2. The van der Waals surface area contributed by atoms with Crippen molar-refractivity contribution in [3.63, 3.8) is 0 Å². The number of halogens is 1. The number of benzene rings is 1. The Morgan fingerprint density at radius 2 is 2.24 bits per heavy atom. The van der Waals surface area contributed by atoms with E-state index >= 15 is 0 Å². The average Bonchev–Trinajstić information content (AvgIpc) is 2.47. The number of carboxylic acids is 1. The Kier molecular flexibility index (Phi) is 4.66. The van der Waals surface area contributed by atoms with Crippen molar-refractivity contribution in [2.75, 3.05) is 18.4 Å². The number of urea groups is 1. The van der Waals surface area contributed by atoms with Crippen molar-refractivity contribution in [3.8, 4) is 6.07 Å². The maximum absolute atomic E-state index is 12.2. The molecular formula is C14H14ClN3O3. The highest BCUT2D eigenvalue weighted by Crippen LogP contribution is 2.22. The van der Waals surface area contributed by atoms with E-state index < -0.39 is 17.9 Å². The van der Waals surface area contributed by atoms with Gasteiger partial charge in [0.05, 0.1) is 17.2 Å². The molecule has 1 atom stereocenters. The maximum Gasteiger partial charge on any atom is 0.321 e. The molecule has 2 rings (SSSR count). The first-order valence-corrected chi connectivity index (χ1v) is 6.87. The summed E-state index contributed by atoms with van der Waals surface area (Å²) in [5, 5.41) is 21.1. The minimum absolute atomic E-state index is 0.170. The predicted octanol–water partition coefficient (Wildman–Crippen LogP) is 2.54. The van der Waals surface area contributed by atoms with Crippen molar-refractivity contribution in [2.45, 2.75) is 12.8 Å². The topological polar surface area (TPSA) is 93.4 Å². The van der Waals surface area contributed by atoms with Gasteiger partial charge in [0.1, 0.15) is 6.07 Å². The lowest BCUT2D eigenvalue weighted by Gasteiger charge is -2.30. The minimum atomic E-state index is -0.895. The smallest absolute Gasteiger partial charge is 0.321 e. The van der Waals surface area contributed by atoms with E-state index in [1.165, 1.54) is 17.0 Å². The summed E-state index contributed by atoms with van der Waals surface area (Å²) in [6, 6.07) is 6.14. The van der Waals surface area contributed by atoms with Crippen LogP contribution in [0.4, 0.5) is 10.5 Å². The van der Waals surface area contributed by atoms with Crippen LogP contribution in [0.1, 0.15) is 18.4 Å². The Hall–Kier alpha value is -2.26. The number of likely N-dealkylation sites (tertiary alicyclic amines) is 1. The molecule has 21 heavy (non-hydrogen) atoms. The Bertz CT molecular complexity index is 612. The number of hydrogen-bond donors (Lipinski definition) is 2. The van der Waals surface area contributed by atoms with E-state index in [1.54, 1.807) is 6.07 Å². The molecule has 7 heteroatoms. The largest absolute Gasteiger partial charge is 0.481 e. The van der Waals surface area contributed by atoms with Crippen molar-refractivity contribution in [3.05, 3.63) is 28.8 Å². The molecule has 1 heterocycles. The van der Waals surface area contributed by atoms with Gasteiger partial charge < -0.3 is 15.3 Å². The number of carbonyl (C=O) groups is 2. The van der Waals surface area contributed by atoms with Crippen LogP contribution in [-0.4, -0.2) is 35.1 Å². The Labute approximate surface area is 126 Å². The van der Waals surface area contributed by atoms with Crippen LogP contribution in [0, 0.1) is 17.2 Å². The number of carbonyl (C=O) groups excluding carboxylic acids is 1. The van der Waals surface area contributed by atoms with E-state index in [0.29, 0.717) is 35.7 Å². The molecule has 110 valence electrons. The summed E-state index contributed by atoms with van der Waals surface area (Å²) in [6.45, 7) is 0.668. The zero-order valence-corrected chi connectivity index (χ0v) is 11.9. The highest BCUT2D eigenvalue weighted by atomic mass is 35.5. The first-order chi connectivity index (χ1) is 10.0. The fraction of sp³-hybridized carbons (Fsp3) is 0.357. The number of aliphatic carboxylic acids is 1. The number of rotatable bonds is 2. The van der Waals surface area contributed by atoms with Gasteiger partial charge in [-0.15, -0.1) is 0 Å². The van der Waals surface area contributed by atoms with E-state index in [9.17, 15) is 9.59 Å². The van der Waals surface area contributed by atoms with Gasteiger partial charge in [0.2, 0.25) is 0 Å². The average molecular weight is 308 g/mol. The lowest BCUT2D eigenvalue weighted by molar-refractivity contribution is -0.143. The number of anilines is 1. The Morgan fingerprint density at radius 3 is 2.90 bits per heavy atom. The van der Waals surface area contributed by atoms with Crippen molar-refractivity contribution in [1.29, 1.82) is 5.26 Å². The first-order valence-electron chi connectivity index (χ1n) is 6.49. The highest BCUT2D eigenvalue weighted by Gasteiger charge is 2.28. The highest BCUT2D eigenvalue weighted by molar-refractivity contribution is 6.31. The summed E-state index contributed by atoms with van der Waals surface area (Å²) in [4.78, 5) is 24.6. The Balaban J connectivity index is 2.09. The molecule has 2 amide bonds. The van der Waals surface area contributed by atoms with Crippen LogP contribution in [0.15, 0.2) is 18.2 Å². The molecule has 0 aliphatic carbocycles.